The molecule has 0 bridgehead atoms. The van der Waals surface area contributed by atoms with E-state index in [4.69, 9.17) is 10.5 Å². The second kappa shape index (κ2) is 6.88. The van der Waals surface area contributed by atoms with Crippen molar-refractivity contribution in [3.05, 3.63) is 29.6 Å². The summed E-state index contributed by atoms with van der Waals surface area (Å²) in [6.07, 6.45) is 1.79. The molecule has 6 heteroatoms. The number of rotatable bonds is 6. The van der Waals surface area contributed by atoms with Crippen molar-refractivity contribution in [2.75, 3.05) is 17.6 Å². The Labute approximate surface area is 124 Å². The highest BCUT2D eigenvalue weighted by Gasteiger charge is 2.09. The minimum Gasteiger partial charge on any atom is -0.437 e. The van der Waals surface area contributed by atoms with E-state index in [1.165, 1.54) is 0 Å². The number of nitrogens with two attached hydrogens (primary N) is 1. The number of hydrogen-bond acceptors (Lipinski definition) is 6. The fourth-order valence-corrected chi connectivity index (χ4v) is 1.90. The van der Waals surface area contributed by atoms with Crippen LogP contribution in [-0.2, 0) is 6.42 Å². The number of hydrogen-bond donors (Lipinski definition) is 2. The lowest BCUT2D eigenvalue weighted by atomic mass is 10.2. The van der Waals surface area contributed by atoms with Crippen molar-refractivity contribution in [3.63, 3.8) is 0 Å². The van der Waals surface area contributed by atoms with E-state index < -0.39 is 0 Å². The monoisotopic (exact) mass is 287 g/mol. The Morgan fingerprint density at radius 2 is 2.00 bits per heavy atom. The highest BCUT2D eigenvalue weighted by molar-refractivity contribution is 5.44. The largest absolute Gasteiger partial charge is 0.437 e. The molecule has 2 heterocycles. The molecule has 2 aromatic heterocycles. The molecule has 0 saturated carbocycles. The Morgan fingerprint density at radius 3 is 2.71 bits per heavy atom. The van der Waals surface area contributed by atoms with Crippen LogP contribution in [0.3, 0.4) is 0 Å². The number of nitrogen functional groups attached to an aromatic ring is 1. The Kier molecular flexibility index (Phi) is 4.92. The molecule has 3 N–H and O–H groups in total. The van der Waals surface area contributed by atoms with E-state index in [0.29, 0.717) is 17.4 Å². The zero-order valence-corrected chi connectivity index (χ0v) is 12.7. The number of anilines is 2. The van der Waals surface area contributed by atoms with Crippen LogP contribution in [0.4, 0.5) is 11.8 Å². The first-order chi connectivity index (χ1) is 10.1. The van der Waals surface area contributed by atoms with Gasteiger partial charge < -0.3 is 15.8 Å². The van der Waals surface area contributed by atoms with Crippen molar-refractivity contribution in [1.82, 2.24) is 15.0 Å². The van der Waals surface area contributed by atoms with Crippen LogP contribution in [0, 0.1) is 6.92 Å². The molecule has 0 aliphatic carbocycles. The maximum atomic E-state index is 5.82. The Hall–Kier alpha value is -2.37. The molecule has 2 rings (SSSR count). The standard InChI is InChI=1S/C15H21N5O/c1-4-8-17-13-9-14(20-15(16)19-13)21-12-7-6-10(3)18-11(12)5-2/h6-7,9H,4-5,8H2,1-3H3,(H3,16,17,19,20). The van der Waals surface area contributed by atoms with E-state index in [9.17, 15) is 0 Å². The number of pyridine rings is 1. The highest BCUT2D eigenvalue weighted by Crippen LogP contribution is 2.25. The number of nitrogens with one attached hydrogen (secondary N) is 1. The smallest absolute Gasteiger partial charge is 0.226 e. The van der Waals surface area contributed by atoms with Gasteiger partial charge in [-0.15, -0.1) is 0 Å². The van der Waals surface area contributed by atoms with Crippen molar-refractivity contribution in [1.29, 1.82) is 0 Å². The lowest BCUT2D eigenvalue weighted by Crippen LogP contribution is -2.06. The van der Waals surface area contributed by atoms with Crippen molar-refractivity contribution in [3.8, 4) is 11.6 Å². The van der Waals surface area contributed by atoms with Gasteiger partial charge in [-0.05, 0) is 31.9 Å². The van der Waals surface area contributed by atoms with E-state index in [-0.39, 0.29) is 5.95 Å². The summed E-state index contributed by atoms with van der Waals surface area (Å²) in [6, 6.07) is 5.55. The second-order valence-electron chi connectivity index (χ2n) is 4.73. The summed E-state index contributed by atoms with van der Waals surface area (Å²) in [4.78, 5) is 12.7. The van der Waals surface area contributed by atoms with Crippen molar-refractivity contribution in [2.24, 2.45) is 0 Å². The predicted octanol–water partition coefficient (Wildman–Crippen LogP) is 2.94. The fraction of sp³-hybridized carbons (Fsp3) is 0.400. The number of aromatic nitrogens is 3. The summed E-state index contributed by atoms with van der Waals surface area (Å²) in [7, 11) is 0. The molecule has 0 atom stereocenters. The lowest BCUT2D eigenvalue weighted by molar-refractivity contribution is 0.454. The zero-order chi connectivity index (χ0) is 15.2. The van der Waals surface area contributed by atoms with Crippen LogP contribution in [0.25, 0.3) is 0 Å². The molecule has 0 saturated heterocycles. The predicted molar refractivity (Wildman–Crippen MR) is 83.7 cm³/mol. The van der Waals surface area contributed by atoms with Gasteiger partial charge in [0.25, 0.3) is 0 Å². The quantitative estimate of drug-likeness (QED) is 0.849. The molecule has 0 fully saturated rings. The van der Waals surface area contributed by atoms with Crippen molar-refractivity contribution >= 4 is 11.8 Å². The summed E-state index contributed by atoms with van der Waals surface area (Å²) in [5, 5.41) is 3.17. The van der Waals surface area contributed by atoms with Gasteiger partial charge in [0.2, 0.25) is 11.8 Å². The third-order valence-electron chi connectivity index (χ3n) is 2.90. The first-order valence-electron chi connectivity index (χ1n) is 7.15. The third-order valence-corrected chi connectivity index (χ3v) is 2.90. The van der Waals surface area contributed by atoms with E-state index in [1.54, 1.807) is 6.07 Å². The van der Waals surface area contributed by atoms with Gasteiger partial charge in [-0.25, -0.2) is 0 Å². The average Bonchev–Trinajstić information content (AvgIpc) is 2.46. The topological polar surface area (TPSA) is 86.0 Å². The first kappa shape index (κ1) is 15.0. The summed E-state index contributed by atoms with van der Waals surface area (Å²) in [5.74, 6) is 1.96. The molecular weight excluding hydrogens is 266 g/mol. The van der Waals surface area contributed by atoms with Gasteiger partial charge in [-0.3, -0.25) is 4.98 Å². The molecular formula is C15H21N5O. The molecule has 0 radical (unpaired) electrons. The van der Waals surface area contributed by atoms with Gasteiger partial charge in [0.15, 0.2) is 5.75 Å². The van der Waals surface area contributed by atoms with E-state index in [1.807, 2.05) is 26.0 Å². The van der Waals surface area contributed by atoms with Gasteiger partial charge in [0.1, 0.15) is 5.82 Å². The maximum absolute atomic E-state index is 5.82. The van der Waals surface area contributed by atoms with Gasteiger partial charge >= 0.3 is 0 Å². The first-order valence-corrected chi connectivity index (χ1v) is 7.15. The molecule has 0 aliphatic rings. The molecule has 0 aromatic carbocycles. The summed E-state index contributed by atoms with van der Waals surface area (Å²) in [5.41, 5.74) is 7.58. The lowest BCUT2D eigenvalue weighted by Gasteiger charge is -2.11. The molecule has 0 aliphatic heterocycles. The molecule has 2 aromatic rings. The van der Waals surface area contributed by atoms with E-state index in [2.05, 4.69) is 27.2 Å². The fourth-order valence-electron chi connectivity index (χ4n) is 1.90. The molecule has 0 amide bonds. The summed E-state index contributed by atoms with van der Waals surface area (Å²) >= 11 is 0. The zero-order valence-electron chi connectivity index (χ0n) is 12.7. The van der Waals surface area contributed by atoms with Gasteiger partial charge in [-0.1, -0.05) is 13.8 Å². The molecule has 21 heavy (non-hydrogen) atoms. The van der Waals surface area contributed by atoms with Gasteiger partial charge in [0.05, 0.1) is 5.69 Å². The van der Waals surface area contributed by atoms with Crippen LogP contribution in [0.1, 0.15) is 31.7 Å². The summed E-state index contributed by atoms with van der Waals surface area (Å²) in [6.45, 7) is 6.90. The third kappa shape index (κ3) is 4.05. The normalized spacial score (nSPS) is 10.4. The Morgan fingerprint density at radius 1 is 1.19 bits per heavy atom. The Balaban J connectivity index is 2.24. The number of aryl methyl sites for hydroxylation is 2. The average molecular weight is 287 g/mol. The number of nitrogens with zero attached hydrogens (tertiary/aromatic N) is 3. The minimum atomic E-state index is 0.184. The van der Waals surface area contributed by atoms with Crippen LogP contribution in [0.2, 0.25) is 0 Å². The van der Waals surface area contributed by atoms with Crippen LogP contribution in [0.5, 0.6) is 11.6 Å². The SMILES string of the molecule is CCCNc1cc(Oc2ccc(C)nc2CC)nc(N)n1. The second-order valence-corrected chi connectivity index (χ2v) is 4.73. The van der Waals surface area contributed by atoms with Gasteiger partial charge in [-0.2, -0.15) is 9.97 Å². The van der Waals surface area contributed by atoms with Crippen molar-refractivity contribution < 1.29 is 4.74 Å². The van der Waals surface area contributed by atoms with E-state index >= 15 is 0 Å². The van der Waals surface area contributed by atoms with Crippen LogP contribution in [0.15, 0.2) is 18.2 Å². The maximum Gasteiger partial charge on any atom is 0.226 e. The molecule has 0 spiro atoms. The van der Waals surface area contributed by atoms with Crippen LogP contribution in [-0.4, -0.2) is 21.5 Å². The highest BCUT2D eigenvalue weighted by atomic mass is 16.5. The van der Waals surface area contributed by atoms with Crippen molar-refractivity contribution in [2.45, 2.75) is 33.6 Å². The van der Waals surface area contributed by atoms with Crippen LogP contribution >= 0.6 is 0 Å². The minimum absolute atomic E-state index is 0.184. The summed E-state index contributed by atoms with van der Waals surface area (Å²) < 4.78 is 5.82. The Bertz CT molecular complexity index is 615. The van der Waals surface area contributed by atoms with E-state index in [0.717, 1.165) is 30.8 Å². The number of ether oxygens (including phenoxy) is 1. The molecule has 6 nitrogen and oxygen atoms in total. The van der Waals surface area contributed by atoms with Crippen LogP contribution < -0.4 is 15.8 Å². The molecule has 112 valence electrons. The molecule has 0 unspecified atom stereocenters. The van der Waals surface area contributed by atoms with Gasteiger partial charge in [0, 0.05) is 18.3 Å².